The van der Waals surface area contributed by atoms with Crippen LogP contribution < -0.4 is 5.32 Å². The molecule has 1 N–H and O–H groups in total. The monoisotopic (exact) mass is 327 g/mol. The van der Waals surface area contributed by atoms with Gasteiger partial charge in [0.2, 0.25) is 0 Å². The number of carbonyl (C=O) groups is 1. The summed E-state index contributed by atoms with van der Waals surface area (Å²) in [6, 6.07) is 17.6. The summed E-state index contributed by atoms with van der Waals surface area (Å²) in [5.74, 6) is -0.305. The Morgan fingerprint density at radius 1 is 1.09 bits per heavy atom. The Morgan fingerprint density at radius 3 is 2.35 bits per heavy atom. The maximum atomic E-state index is 12.0. The SMILES string of the molecule is COC(=O)[C@H](Cc1ccccc1)NC(=S)Cc1ccc(C)cc1. The highest BCUT2D eigenvalue weighted by atomic mass is 32.1. The number of thiocarbonyl (C=S) groups is 1. The van der Waals surface area contributed by atoms with E-state index in [2.05, 4.69) is 17.4 Å². The fourth-order valence-electron chi connectivity index (χ4n) is 2.32. The Kier molecular flexibility index (Phi) is 6.29. The Hall–Kier alpha value is -2.20. The maximum absolute atomic E-state index is 12.0. The normalized spacial score (nSPS) is 11.6. The molecule has 0 aromatic heterocycles. The van der Waals surface area contributed by atoms with Crippen LogP contribution in [0.15, 0.2) is 54.6 Å². The highest BCUT2D eigenvalue weighted by Crippen LogP contribution is 2.07. The highest BCUT2D eigenvalue weighted by Gasteiger charge is 2.20. The summed E-state index contributed by atoms with van der Waals surface area (Å²) in [5.41, 5.74) is 3.40. The fourth-order valence-corrected chi connectivity index (χ4v) is 2.63. The molecule has 0 radical (unpaired) electrons. The summed E-state index contributed by atoms with van der Waals surface area (Å²) in [4.78, 5) is 12.6. The van der Waals surface area contributed by atoms with E-state index in [9.17, 15) is 4.79 Å². The van der Waals surface area contributed by atoms with Gasteiger partial charge in [0.25, 0.3) is 0 Å². The van der Waals surface area contributed by atoms with Crippen molar-refractivity contribution in [2.75, 3.05) is 7.11 Å². The van der Waals surface area contributed by atoms with Gasteiger partial charge in [-0.1, -0.05) is 72.4 Å². The molecule has 0 unspecified atom stereocenters. The molecule has 3 nitrogen and oxygen atoms in total. The summed E-state index contributed by atoms with van der Waals surface area (Å²) >= 11 is 5.41. The van der Waals surface area contributed by atoms with E-state index in [4.69, 9.17) is 17.0 Å². The molecule has 2 aromatic rings. The smallest absolute Gasteiger partial charge is 0.328 e. The zero-order valence-corrected chi connectivity index (χ0v) is 14.2. The molecule has 0 heterocycles. The molecule has 0 fully saturated rings. The second-order valence-corrected chi connectivity index (χ2v) is 5.99. The number of hydrogen-bond acceptors (Lipinski definition) is 3. The van der Waals surface area contributed by atoms with Crippen molar-refractivity contribution in [3.8, 4) is 0 Å². The molecular weight excluding hydrogens is 306 g/mol. The number of carbonyl (C=O) groups excluding carboxylic acids is 1. The van der Waals surface area contributed by atoms with Gasteiger partial charge in [0.1, 0.15) is 6.04 Å². The molecule has 0 spiro atoms. The number of benzene rings is 2. The van der Waals surface area contributed by atoms with Crippen LogP contribution in [0, 0.1) is 6.92 Å². The first-order valence-electron chi connectivity index (χ1n) is 7.55. The zero-order valence-electron chi connectivity index (χ0n) is 13.4. The molecule has 0 bridgehead atoms. The molecule has 0 aliphatic heterocycles. The molecule has 0 saturated heterocycles. The average molecular weight is 327 g/mol. The lowest BCUT2D eigenvalue weighted by Crippen LogP contribution is -2.43. The standard InChI is InChI=1S/C19H21NO2S/c1-14-8-10-16(11-9-14)13-18(23)20-17(19(21)22-2)12-15-6-4-3-5-7-15/h3-11,17H,12-13H2,1-2H3,(H,20,23)/t17-/m0/s1. The largest absolute Gasteiger partial charge is 0.467 e. The predicted octanol–water partition coefficient (Wildman–Crippen LogP) is 3.24. The summed E-state index contributed by atoms with van der Waals surface area (Å²) < 4.78 is 4.89. The second kappa shape index (κ2) is 8.44. The second-order valence-electron chi connectivity index (χ2n) is 5.50. The molecule has 0 aliphatic rings. The first-order chi connectivity index (χ1) is 11.1. The third-order valence-corrected chi connectivity index (χ3v) is 3.85. The van der Waals surface area contributed by atoms with Gasteiger partial charge in [-0.25, -0.2) is 4.79 Å². The molecule has 4 heteroatoms. The van der Waals surface area contributed by atoms with E-state index in [1.807, 2.05) is 49.4 Å². The molecule has 2 rings (SSSR count). The van der Waals surface area contributed by atoms with Crippen LogP contribution in [-0.4, -0.2) is 24.1 Å². The lowest BCUT2D eigenvalue weighted by atomic mass is 10.1. The number of rotatable bonds is 6. The number of ether oxygens (including phenoxy) is 1. The summed E-state index contributed by atoms with van der Waals surface area (Å²) in [7, 11) is 1.39. The van der Waals surface area contributed by atoms with Crippen molar-refractivity contribution in [2.45, 2.75) is 25.8 Å². The van der Waals surface area contributed by atoms with Crippen molar-refractivity contribution in [1.29, 1.82) is 0 Å². The highest BCUT2D eigenvalue weighted by molar-refractivity contribution is 7.80. The van der Waals surface area contributed by atoms with E-state index in [0.29, 0.717) is 17.8 Å². The van der Waals surface area contributed by atoms with E-state index in [0.717, 1.165) is 11.1 Å². The lowest BCUT2D eigenvalue weighted by Gasteiger charge is -2.18. The van der Waals surface area contributed by atoms with Crippen LogP contribution in [0.3, 0.4) is 0 Å². The van der Waals surface area contributed by atoms with Crippen molar-refractivity contribution >= 4 is 23.2 Å². The third-order valence-electron chi connectivity index (χ3n) is 3.59. The van der Waals surface area contributed by atoms with Crippen LogP contribution in [0.4, 0.5) is 0 Å². The molecular formula is C19H21NO2S. The summed E-state index contributed by atoms with van der Waals surface area (Å²) in [6.07, 6.45) is 1.15. The molecule has 1 atom stereocenters. The summed E-state index contributed by atoms with van der Waals surface area (Å²) in [5, 5.41) is 3.14. The molecule has 0 saturated carbocycles. The van der Waals surface area contributed by atoms with Crippen LogP contribution in [0.2, 0.25) is 0 Å². The molecule has 23 heavy (non-hydrogen) atoms. The molecule has 0 amide bonds. The van der Waals surface area contributed by atoms with Gasteiger partial charge in [-0.3, -0.25) is 0 Å². The minimum atomic E-state index is -0.472. The third kappa shape index (κ3) is 5.49. The van der Waals surface area contributed by atoms with Crippen LogP contribution in [0.5, 0.6) is 0 Å². The molecule has 2 aromatic carbocycles. The Morgan fingerprint density at radius 2 is 1.74 bits per heavy atom. The van der Waals surface area contributed by atoms with Crippen molar-refractivity contribution in [2.24, 2.45) is 0 Å². The van der Waals surface area contributed by atoms with E-state index in [-0.39, 0.29) is 5.97 Å². The number of methoxy groups -OCH3 is 1. The van der Waals surface area contributed by atoms with E-state index >= 15 is 0 Å². The lowest BCUT2D eigenvalue weighted by molar-refractivity contribution is -0.142. The van der Waals surface area contributed by atoms with Gasteiger partial charge in [0, 0.05) is 12.8 Å². The van der Waals surface area contributed by atoms with Crippen molar-refractivity contribution in [3.63, 3.8) is 0 Å². The number of nitrogens with one attached hydrogen (secondary N) is 1. The van der Waals surface area contributed by atoms with Gasteiger partial charge in [-0.15, -0.1) is 0 Å². The van der Waals surface area contributed by atoms with E-state index in [1.165, 1.54) is 12.7 Å². The van der Waals surface area contributed by atoms with Crippen LogP contribution >= 0.6 is 12.2 Å². The van der Waals surface area contributed by atoms with Crippen molar-refractivity contribution in [1.82, 2.24) is 5.32 Å². The fraction of sp³-hybridized carbons (Fsp3) is 0.263. The Balaban J connectivity index is 2.00. The predicted molar refractivity (Wildman–Crippen MR) is 96.6 cm³/mol. The maximum Gasteiger partial charge on any atom is 0.328 e. The van der Waals surface area contributed by atoms with Crippen molar-refractivity contribution in [3.05, 3.63) is 71.3 Å². The van der Waals surface area contributed by atoms with Crippen LogP contribution in [0.1, 0.15) is 16.7 Å². The zero-order chi connectivity index (χ0) is 16.7. The molecule has 0 aliphatic carbocycles. The summed E-state index contributed by atoms with van der Waals surface area (Å²) in [6.45, 7) is 2.05. The topological polar surface area (TPSA) is 38.3 Å². The minimum absolute atomic E-state index is 0.305. The van der Waals surface area contributed by atoms with Gasteiger partial charge in [-0.05, 0) is 18.1 Å². The Labute approximate surface area is 142 Å². The van der Waals surface area contributed by atoms with Gasteiger partial charge >= 0.3 is 5.97 Å². The Bertz CT molecular complexity index is 653. The van der Waals surface area contributed by atoms with Crippen LogP contribution in [-0.2, 0) is 22.4 Å². The van der Waals surface area contributed by atoms with Gasteiger partial charge < -0.3 is 10.1 Å². The number of hydrogen-bond donors (Lipinski definition) is 1. The molecule has 120 valence electrons. The van der Waals surface area contributed by atoms with Gasteiger partial charge in [-0.2, -0.15) is 0 Å². The first-order valence-corrected chi connectivity index (χ1v) is 7.96. The first kappa shape index (κ1) is 17.2. The van der Waals surface area contributed by atoms with Crippen molar-refractivity contribution < 1.29 is 9.53 Å². The number of aryl methyl sites for hydroxylation is 1. The van der Waals surface area contributed by atoms with Gasteiger partial charge in [0.15, 0.2) is 0 Å². The van der Waals surface area contributed by atoms with E-state index < -0.39 is 6.04 Å². The van der Waals surface area contributed by atoms with Crippen LogP contribution in [0.25, 0.3) is 0 Å². The number of esters is 1. The minimum Gasteiger partial charge on any atom is -0.467 e. The van der Waals surface area contributed by atoms with Gasteiger partial charge in [0.05, 0.1) is 12.1 Å². The quantitative estimate of drug-likeness (QED) is 0.653. The average Bonchev–Trinajstić information content (AvgIpc) is 2.56. The van der Waals surface area contributed by atoms with E-state index in [1.54, 1.807) is 0 Å².